The molecule has 0 aliphatic rings. The number of hydrogen-bond donors (Lipinski definition) is 1. The molecule has 0 fully saturated rings. The molecule has 3 rings (SSSR count). The van der Waals surface area contributed by atoms with E-state index in [0.717, 1.165) is 41.2 Å². The van der Waals surface area contributed by atoms with Gasteiger partial charge in [0, 0.05) is 0 Å². The third-order valence-corrected chi connectivity index (χ3v) is 4.53. The van der Waals surface area contributed by atoms with E-state index < -0.39 is 38.6 Å². The molecular formula is C13H9F4N5O2S. The van der Waals surface area contributed by atoms with Crippen LogP contribution in [0.4, 0.5) is 17.6 Å². The molecule has 0 radical (unpaired) electrons. The molecule has 1 aromatic carbocycles. The second kappa shape index (κ2) is 6.04. The van der Waals surface area contributed by atoms with Gasteiger partial charge in [-0.05, 0) is 29.8 Å². The van der Waals surface area contributed by atoms with Crippen LogP contribution >= 0.6 is 0 Å². The first kappa shape index (κ1) is 17.2. The van der Waals surface area contributed by atoms with Crippen molar-refractivity contribution in [1.29, 1.82) is 0 Å². The Morgan fingerprint density at radius 1 is 1.08 bits per heavy atom. The second-order valence-corrected chi connectivity index (χ2v) is 6.61. The van der Waals surface area contributed by atoms with Crippen molar-refractivity contribution < 1.29 is 26.0 Å². The SMILES string of the molecule is O=S(=O)(N[C@H](c1ccc(F)cc1)C(F)(F)F)c1ccc2nncn2n1. The summed E-state index contributed by atoms with van der Waals surface area (Å²) in [5.41, 5.74) is -0.229. The van der Waals surface area contributed by atoms with Crippen LogP contribution < -0.4 is 4.72 Å². The van der Waals surface area contributed by atoms with Crippen molar-refractivity contribution in [3.63, 3.8) is 0 Å². The molecule has 2 aromatic heterocycles. The Hall–Kier alpha value is -2.60. The molecule has 1 N–H and O–H groups in total. The number of alkyl halides is 3. The van der Waals surface area contributed by atoms with Crippen molar-refractivity contribution in [2.45, 2.75) is 17.2 Å². The molecule has 132 valence electrons. The molecule has 0 aliphatic carbocycles. The minimum Gasteiger partial charge on any atom is -0.207 e. The van der Waals surface area contributed by atoms with Crippen LogP contribution in [0, 0.1) is 5.82 Å². The van der Waals surface area contributed by atoms with Crippen LogP contribution in [0.15, 0.2) is 47.8 Å². The van der Waals surface area contributed by atoms with Gasteiger partial charge >= 0.3 is 6.18 Å². The Morgan fingerprint density at radius 3 is 2.40 bits per heavy atom. The fourth-order valence-corrected chi connectivity index (χ4v) is 3.19. The van der Waals surface area contributed by atoms with E-state index in [0.29, 0.717) is 0 Å². The van der Waals surface area contributed by atoms with E-state index in [1.165, 1.54) is 6.07 Å². The number of aromatic nitrogens is 4. The fourth-order valence-electron chi connectivity index (χ4n) is 2.05. The van der Waals surface area contributed by atoms with Crippen LogP contribution in [-0.4, -0.2) is 34.4 Å². The Labute approximate surface area is 138 Å². The zero-order chi connectivity index (χ0) is 18.2. The second-order valence-electron chi connectivity index (χ2n) is 4.95. The molecule has 2 heterocycles. The Morgan fingerprint density at radius 2 is 1.76 bits per heavy atom. The number of halogens is 4. The van der Waals surface area contributed by atoms with E-state index in [1.807, 2.05) is 0 Å². The van der Waals surface area contributed by atoms with E-state index in [1.54, 1.807) is 4.72 Å². The minimum atomic E-state index is -4.94. The highest BCUT2D eigenvalue weighted by molar-refractivity contribution is 7.89. The van der Waals surface area contributed by atoms with Crippen molar-refractivity contribution in [3.8, 4) is 0 Å². The highest BCUT2D eigenvalue weighted by atomic mass is 32.2. The predicted molar refractivity (Wildman–Crippen MR) is 76.3 cm³/mol. The van der Waals surface area contributed by atoms with E-state index in [9.17, 15) is 26.0 Å². The van der Waals surface area contributed by atoms with Crippen LogP contribution in [0.3, 0.4) is 0 Å². The van der Waals surface area contributed by atoms with Gasteiger partial charge in [-0.1, -0.05) is 12.1 Å². The van der Waals surface area contributed by atoms with Crippen molar-refractivity contribution in [2.24, 2.45) is 0 Å². The topological polar surface area (TPSA) is 89.2 Å². The molecule has 0 saturated carbocycles. The molecule has 0 spiro atoms. The molecule has 0 amide bonds. The van der Waals surface area contributed by atoms with Crippen LogP contribution in [-0.2, 0) is 10.0 Å². The van der Waals surface area contributed by atoms with Gasteiger partial charge in [-0.25, -0.2) is 12.8 Å². The molecule has 0 aliphatic heterocycles. The van der Waals surface area contributed by atoms with Crippen LogP contribution in [0.2, 0.25) is 0 Å². The third-order valence-electron chi connectivity index (χ3n) is 3.22. The van der Waals surface area contributed by atoms with Crippen LogP contribution in [0.25, 0.3) is 5.65 Å². The van der Waals surface area contributed by atoms with Gasteiger partial charge in [-0.2, -0.15) is 27.5 Å². The van der Waals surface area contributed by atoms with Crippen LogP contribution in [0.1, 0.15) is 11.6 Å². The number of rotatable bonds is 4. The lowest BCUT2D eigenvalue weighted by molar-refractivity contribution is -0.153. The molecule has 1 atom stereocenters. The lowest BCUT2D eigenvalue weighted by Gasteiger charge is -2.21. The summed E-state index contributed by atoms with van der Waals surface area (Å²) >= 11 is 0. The summed E-state index contributed by atoms with van der Waals surface area (Å²) in [6, 6.07) is 3.02. The van der Waals surface area contributed by atoms with Crippen LogP contribution in [0.5, 0.6) is 0 Å². The van der Waals surface area contributed by atoms with Crippen molar-refractivity contribution in [1.82, 2.24) is 24.5 Å². The van der Waals surface area contributed by atoms with Gasteiger partial charge in [0.15, 0.2) is 10.7 Å². The molecule has 12 heteroatoms. The van der Waals surface area contributed by atoms with Crippen molar-refractivity contribution >= 4 is 15.7 Å². The van der Waals surface area contributed by atoms with Crippen molar-refractivity contribution in [3.05, 3.63) is 54.1 Å². The molecule has 7 nitrogen and oxygen atoms in total. The quantitative estimate of drug-likeness (QED) is 0.703. The number of benzene rings is 1. The number of nitrogens with one attached hydrogen (secondary N) is 1. The average Bonchev–Trinajstić information content (AvgIpc) is 3.00. The Bertz CT molecular complexity index is 1000. The highest BCUT2D eigenvalue weighted by Crippen LogP contribution is 2.33. The lowest BCUT2D eigenvalue weighted by atomic mass is 10.1. The monoisotopic (exact) mass is 375 g/mol. The Kier molecular flexibility index (Phi) is 4.16. The zero-order valence-corrected chi connectivity index (χ0v) is 13.0. The minimum absolute atomic E-state index is 0.227. The molecule has 3 aromatic rings. The first-order valence-electron chi connectivity index (χ1n) is 6.68. The van der Waals surface area contributed by atoms with Gasteiger partial charge < -0.3 is 0 Å². The fraction of sp³-hybridized carbons (Fsp3) is 0.154. The highest BCUT2D eigenvalue weighted by Gasteiger charge is 2.43. The number of nitrogens with zero attached hydrogens (tertiary/aromatic N) is 4. The zero-order valence-electron chi connectivity index (χ0n) is 12.1. The molecule has 0 unspecified atom stereocenters. The molecule has 25 heavy (non-hydrogen) atoms. The number of sulfonamides is 1. The predicted octanol–water partition coefficient (Wildman–Crippen LogP) is 1.85. The van der Waals surface area contributed by atoms with Gasteiger partial charge in [0.25, 0.3) is 10.0 Å². The number of fused-ring (bicyclic) bond motifs is 1. The number of hydrogen-bond acceptors (Lipinski definition) is 5. The maximum Gasteiger partial charge on any atom is 0.408 e. The maximum atomic E-state index is 13.3. The van der Waals surface area contributed by atoms with E-state index >= 15 is 0 Å². The van der Waals surface area contributed by atoms with Gasteiger partial charge in [0.05, 0.1) is 0 Å². The normalized spacial score (nSPS) is 13.9. The van der Waals surface area contributed by atoms with E-state index in [4.69, 9.17) is 0 Å². The first-order valence-corrected chi connectivity index (χ1v) is 8.17. The lowest BCUT2D eigenvalue weighted by Crippen LogP contribution is -2.38. The summed E-state index contributed by atoms with van der Waals surface area (Å²) in [5.74, 6) is -0.743. The molecule has 0 saturated heterocycles. The first-order chi connectivity index (χ1) is 11.7. The summed E-state index contributed by atoms with van der Waals surface area (Å²) in [7, 11) is -4.62. The Balaban J connectivity index is 1.98. The molecular weight excluding hydrogens is 366 g/mol. The van der Waals surface area contributed by atoms with Gasteiger partial charge in [-0.3, -0.25) is 0 Å². The van der Waals surface area contributed by atoms with E-state index in [-0.39, 0.29) is 5.65 Å². The summed E-state index contributed by atoms with van der Waals surface area (Å²) in [6.07, 6.45) is -3.83. The summed E-state index contributed by atoms with van der Waals surface area (Å²) in [6.45, 7) is 0. The molecule has 0 bridgehead atoms. The smallest absolute Gasteiger partial charge is 0.207 e. The summed E-state index contributed by atoms with van der Waals surface area (Å²) in [5, 5.41) is 10.1. The average molecular weight is 375 g/mol. The third kappa shape index (κ3) is 3.58. The van der Waals surface area contributed by atoms with Gasteiger partial charge in [0.1, 0.15) is 18.2 Å². The van der Waals surface area contributed by atoms with Crippen molar-refractivity contribution in [2.75, 3.05) is 0 Å². The standard InChI is InChI=1S/C13H9F4N5O2S/c14-9-3-1-8(2-4-9)12(13(15,16)17)21-25(23,24)11-6-5-10-19-18-7-22(10)20-11/h1-7,12,21H/t12-/m1/s1. The van der Waals surface area contributed by atoms with Gasteiger partial charge in [0.2, 0.25) is 0 Å². The van der Waals surface area contributed by atoms with E-state index in [2.05, 4.69) is 15.3 Å². The summed E-state index contributed by atoms with van der Waals surface area (Å²) < 4.78 is 79.9. The maximum absolute atomic E-state index is 13.3. The van der Waals surface area contributed by atoms with Gasteiger partial charge in [-0.15, -0.1) is 10.2 Å². The summed E-state index contributed by atoms with van der Waals surface area (Å²) in [4.78, 5) is 0. The largest absolute Gasteiger partial charge is 0.408 e.